The highest BCUT2D eigenvalue weighted by Crippen LogP contribution is 2.33. The van der Waals surface area contributed by atoms with Gasteiger partial charge in [-0.25, -0.2) is 8.42 Å². The molecule has 0 heterocycles. The molecular weight excluding hydrogens is 645 g/mol. The summed E-state index contributed by atoms with van der Waals surface area (Å²) >= 11 is 18.4. The maximum absolute atomic E-state index is 14.2. The lowest BCUT2D eigenvalue weighted by Gasteiger charge is -2.33. The van der Waals surface area contributed by atoms with Crippen molar-refractivity contribution >= 4 is 62.3 Å². The van der Waals surface area contributed by atoms with E-state index >= 15 is 0 Å². The van der Waals surface area contributed by atoms with E-state index in [0.717, 1.165) is 36.4 Å². The number of hydrogen-bond donors (Lipinski definition) is 1. The highest BCUT2D eigenvalue weighted by Gasteiger charge is 2.34. The predicted molar refractivity (Wildman–Crippen MR) is 175 cm³/mol. The van der Waals surface area contributed by atoms with Crippen molar-refractivity contribution in [1.29, 1.82) is 0 Å². The molecule has 1 aliphatic rings. The van der Waals surface area contributed by atoms with E-state index in [-0.39, 0.29) is 35.7 Å². The molecule has 0 unspecified atom stereocenters. The van der Waals surface area contributed by atoms with Gasteiger partial charge >= 0.3 is 0 Å². The van der Waals surface area contributed by atoms with Crippen molar-refractivity contribution in [3.8, 4) is 5.75 Å². The molecule has 44 heavy (non-hydrogen) atoms. The van der Waals surface area contributed by atoms with E-state index < -0.39 is 28.5 Å². The minimum absolute atomic E-state index is 0.00306. The van der Waals surface area contributed by atoms with Crippen molar-refractivity contribution in [3.63, 3.8) is 0 Å². The minimum Gasteiger partial charge on any atom is -0.492 e. The quantitative estimate of drug-likeness (QED) is 0.220. The summed E-state index contributed by atoms with van der Waals surface area (Å²) < 4.78 is 35.0. The zero-order valence-corrected chi connectivity index (χ0v) is 27.7. The van der Waals surface area contributed by atoms with Gasteiger partial charge in [0, 0.05) is 17.6 Å². The molecule has 2 amide bonds. The molecule has 4 rings (SSSR count). The molecule has 0 aromatic heterocycles. The Morgan fingerprint density at radius 1 is 0.955 bits per heavy atom. The van der Waals surface area contributed by atoms with Gasteiger partial charge in [-0.15, -0.1) is 0 Å². The lowest BCUT2D eigenvalue weighted by molar-refractivity contribution is -0.139. The Hall–Kier alpha value is -2.98. The standard InChI is InChI=1S/C32H36Cl3N3O5S/c1-3-43-30-12-8-7-11-29(30)38(44(41,42)26-16-14-24(33)15-17-26)21-31(39)37(20-23-13-18-27(34)28(35)19-23)22(2)32(40)36-25-9-5-4-6-10-25/h7-8,11-19,22,25H,3-6,9-10,20-21H2,1-2H3,(H,36,40)/t22-/m0/s1. The molecule has 1 saturated carbocycles. The average Bonchev–Trinajstić information content (AvgIpc) is 3.01. The number of nitrogens with one attached hydrogen (secondary N) is 1. The van der Waals surface area contributed by atoms with Gasteiger partial charge in [0.15, 0.2) is 0 Å². The maximum atomic E-state index is 14.2. The highest BCUT2D eigenvalue weighted by atomic mass is 35.5. The second-order valence-electron chi connectivity index (χ2n) is 10.7. The van der Waals surface area contributed by atoms with Gasteiger partial charge in [0.1, 0.15) is 18.3 Å². The summed E-state index contributed by atoms with van der Waals surface area (Å²) in [5, 5.41) is 4.11. The van der Waals surface area contributed by atoms with Crippen LogP contribution in [0.5, 0.6) is 5.75 Å². The molecule has 12 heteroatoms. The normalized spacial score (nSPS) is 14.5. The molecule has 1 aliphatic carbocycles. The second kappa shape index (κ2) is 15.3. The minimum atomic E-state index is -4.29. The van der Waals surface area contributed by atoms with Crippen LogP contribution >= 0.6 is 34.8 Å². The Bertz CT molecular complexity index is 1560. The molecule has 0 bridgehead atoms. The molecule has 236 valence electrons. The summed E-state index contributed by atoms with van der Waals surface area (Å²) in [5.74, 6) is -0.613. The van der Waals surface area contributed by atoms with E-state index in [1.54, 1.807) is 56.3 Å². The van der Waals surface area contributed by atoms with Crippen LogP contribution in [0.25, 0.3) is 0 Å². The van der Waals surface area contributed by atoms with Crippen LogP contribution in [0.2, 0.25) is 15.1 Å². The van der Waals surface area contributed by atoms with Gasteiger partial charge in [-0.3, -0.25) is 13.9 Å². The first-order valence-electron chi connectivity index (χ1n) is 14.5. The number of para-hydroxylation sites is 2. The number of hydrogen-bond acceptors (Lipinski definition) is 5. The average molecular weight is 681 g/mol. The molecular formula is C32H36Cl3N3O5S. The van der Waals surface area contributed by atoms with E-state index in [9.17, 15) is 18.0 Å². The van der Waals surface area contributed by atoms with Crippen LogP contribution < -0.4 is 14.4 Å². The molecule has 3 aromatic rings. The molecule has 0 saturated heterocycles. The lowest BCUT2D eigenvalue weighted by atomic mass is 9.95. The largest absolute Gasteiger partial charge is 0.492 e. The third kappa shape index (κ3) is 8.38. The number of halogens is 3. The molecule has 0 aliphatic heterocycles. The Morgan fingerprint density at radius 2 is 1.64 bits per heavy atom. The highest BCUT2D eigenvalue weighted by molar-refractivity contribution is 7.92. The van der Waals surface area contributed by atoms with Crippen molar-refractivity contribution in [2.45, 2.75) is 69.5 Å². The van der Waals surface area contributed by atoms with Gasteiger partial charge < -0.3 is 15.0 Å². The molecule has 1 atom stereocenters. The van der Waals surface area contributed by atoms with E-state index in [2.05, 4.69) is 5.32 Å². The lowest BCUT2D eigenvalue weighted by Crippen LogP contribution is -2.53. The van der Waals surface area contributed by atoms with E-state index in [4.69, 9.17) is 39.5 Å². The van der Waals surface area contributed by atoms with Crippen LogP contribution in [0.3, 0.4) is 0 Å². The Kier molecular flexibility index (Phi) is 11.8. The fourth-order valence-electron chi connectivity index (χ4n) is 5.17. The number of ether oxygens (including phenoxy) is 1. The predicted octanol–water partition coefficient (Wildman–Crippen LogP) is 7.11. The number of anilines is 1. The van der Waals surface area contributed by atoms with Crippen LogP contribution in [-0.2, 0) is 26.2 Å². The fourth-order valence-corrected chi connectivity index (χ4v) is 7.05. The Morgan fingerprint density at radius 3 is 2.30 bits per heavy atom. The number of carbonyl (C=O) groups excluding carboxylic acids is 2. The number of carbonyl (C=O) groups is 2. The van der Waals surface area contributed by atoms with Crippen LogP contribution in [0.4, 0.5) is 5.69 Å². The fraction of sp³-hybridized carbons (Fsp3) is 0.375. The number of sulfonamides is 1. The molecule has 0 spiro atoms. The van der Waals surface area contributed by atoms with Gasteiger partial charge in [0.05, 0.1) is 27.2 Å². The summed E-state index contributed by atoms with van der Waals surface area (Å²) in [6.07, 6.45) is 4.94. The first-order chi connectivity index (χ1) is 21.0. The third-order valence-electron chi connectivity index (χ3n) is 7.57. The molecule has 8 nitrogen and oxygen atoms in total. The summed E-state index contributed by atoms with van der Waals surface area (Å²) in [6.45, 7) is 3.10. The third-order valence-corrected chi connectivity index (χ3v) is 10.3. The topological polar surface area (TPSA) is 96.0 Å². The molecule has 1 fully saturated rings. The van der Waals surface area contributed by atoms with Crippen molar-refractivity contribution in [2.24, 2.45) is 0 Å². The molecule has 1 N–H and O–H groups in total. The van der Waals surface area contributed by atoms with Crippen molar-refractivity contribution in [2.75, 3.05) is 17.5 Å². The monoisotopic (exact) mass is 679 g/mol. The number of nitrogens with zero attached hydrogens (tertiary/aromatic N) is 2. The Labute approximate surface area is 274 Å². The molecule has 3 aromatic carbocycles. The van der Waals surface area contributed by atoms with Gasteiger partial charge in [-0.05, 0) is 80.8 Å². The van der Waals surface area contributed by atoms with Gasteiger partial charge in [0.2, 0.25) is 11.8 Å². The van der Waals surface area contributed by atoms with Crippen LogP contribution in [0, 0.1) is 0 Å². The van der Waals surface area contributed by atoms with Crippen LogP contribution in [0.15, 0.2) is 71.6 Å². The van der Waals surface area contributed by atoms with Gasteiger partial charge in [-0.1, -0.05) is 72.3 Å². The molecule has 0 radical (unpaired) electrons. The second-order valence-corrected chi connectivity index (χ2v) is 13.8. The zero-order chi connectivity index (χ0) is 31.9. The van der Waals surface area contributed by atoms with E-state index in [0.29, 0.717) is 26.4 Å². The van der Waals surface area contributed by atoms with Crippen molar-refractivity contribution in [3.05, 3.63) is 87.4 Å². The first kappa shape index (κ1) is 33.9. The summed E-state index contributed by atoms with van der Waals surface area (Å²) in [5.41, 5.74) is 0.818. The van der Waals surface area contributed by atoms with E-state index in [1.807, 2.05) is 0 Å². The van der Waals surface area contributed by atoms with Crippen LogP contribution in [-0.4, -0.2) is 50.4 Å². The van der Waals surface area contributed by atoms with Crippen molar-refractivity contribution < 1.29 is 22.7 Å². The van der Waals surface area contributed by atoms with Gasteiger partial charge in [0.25, 0.3) is 10.0 Å². The zero-order valence-electron chi connectivity index (χ0n) is 24.6. The van der Waals surface area contributed by atoms with Crippen molar-refractivity contribution in [1.82, 2.24) is 10.2 Å². The maximum Gasteiger partial charge on any atom is 0.264 e. The summed E-state index contributed by atoms with van der Waals surface area (Å²) in [4.78, 5) is 29.0. The number of rotatable bonds is 12. The Balaban J connectivity index is 1.73. The summed E-state index contributed by atoms with van der Waals surface area (Å²) in [6, 6.07) is 16.4. The SMILES string of the molecule is CCOc1ccccc1N(CC(=O)N(Cc1ccc(Cl)c(Cl)c1)[C@@H](C)C(=O)NC1CCCCC1)S(=O)(=O)c1ccc(Cl)cc1. The smallest absolute Gasteiger partial charge is 0.264 e. The number of amides is 2. The van der Waals surface area contributed by atoms with Crippen LogP contribution in [0.1, 0.15) is 51.5 Å². The van der Waals surface area contributed by atoms with E-state index in [1.165, 1.54) is 29.2 Å². The first-order valence-corrected chi connectivity index (χ1v) is 17.1. The number of benzene rings is 3. The summed E-state index contributed by atoms with van der Waals surface area (Å²) in [7, 11) is -4.29. The van der Waals surface area contributed by atoms with Gasteiger partial charge in [-0.2, -0.15) is 0 Å².